The first-order valence-electron chi connectivity index (χ1n) is 6.96. The summed E-state index contributed by atoms with van der Waals surface area (Å²) in [7, 11) is 0. The van der Waals surface area contributed by atoms with Crippen molar-refractivity contribution in [2.24, 2.45) is 0 Å². The normalized spacial score (nSPS) is 21.1. The molecule has 20 heavy (non-hydrogen) atoms. The van der Waals surface area contributed by atoms with Gasteiger partial charge in [0.1, 0.15) is 0 Å². The van der Waals surface area contributed by atoms with E-state index in [2.05, 4.69) is 23.6 Å². The maximum Gasteiger partial charge on any atom is 0.178 e. The molecule has 2 rings (SSSR count). The molecule has 1 aromatic carbocycles. The van der Waals surface area contributed by atoms with Crippen molar-refractivity contribution in [2.45, 2.75) is 19.9 Å². The minimum Gasteiger partial charge on any atom is -0.298 e. The highest BCUT2D eigenvalue weighted by Crippen LogP contribution is 2.21. The molecule has 1 atom stereocenters. The summed E-state index contributed by atoms with van der Waals surface area (Å²) < 4.78 is 0. The van der Waals surface area contributed by atoms with Crippen LogP contribution in [-0.2, 0) is 0 Å². The summed E-state index contributed by atoms with van der Waals surface area (Å²) in [4.78, 5) is 17.0. The monoisotopic (exact) mass is 314 g/mol. The quantitative estimate of drug-likeness (QED) is 0.797. The van der Waals surface area contributed by atoms with E-state index in [0.29, 0.717) is 28.2 Å². The van der Waals surface area contributed by atoms with E-state index in [1.807, 2.05) is 0 Å². The van der Waals surface area contributed by atoms with Gasteiger partial charge in [-0.3, -0.25) is 14.6 Å². The van der Waals surface area contributed by atoms with Gasteiger partial charge in [0.15, 0.2) is 5.78 Å². The third kappa shape index (κ3) is 3.73. The molecule has 0 spiro atoms. The van der Waals surface area contributed by atoms with Gasteiger partial charge in [-0.1, -0.05) is 30.1 Å². The Balaban J connectivity index is 2.00. The molecule has 0 N–H and O–H groups in total. The molecular formula is C15H20Cl2N2O. The number of carbonyl (C=O) groups is 1. The molecule has 1 heterocycles. The van der Waals surface area contributed by atoms with E-state index < -0.39 is 0 Å². The lowest BCUT2D eigenvalue weighted by molar-refractivity contribution is 0.0723. The van der Waals surface area contributed by atoms with E-state index in [4.69, 9.17) is 23.2 Å². The van der Waals surface area contributed by atoms with Crippen LogP contribution in [0.4, 0.5) is 0 Å². The van der Waals surface area contributed by atoms with E-state index in [0.717, 1.165) is 26.2 Å². The molecule has 5 heteroatoms. The molecule has 0 aromatic heterocycles. The molecule has 1 fully saturated rings. The van der Waals surface area contributed by atoms with Crippen molar-refractivity contribution in [3.63, 3.8) is 0 Å². The second-order valence-electron chi connectivity index (χ2n) is 5.26. The smallest absolute Gasteiger partial charge is 0.178 e. The Morgan fingerprint density at radius 1 is 1.35 bits per heavy atom. The molecular weight excluding hydrogens is 295 g/mol. The molecule has 1 aromatic rings. The van der Waals surface area contributed by atoms with Gasteiger partial charge in [0, 0.05) is 36.3 Å². The first kappa shape index (κ1) is 15.8. The Hall–Kier alpha value is -0.610. The van der Waals surface area contributed by atoms with Gasteiger partial charge in [0.25, 0.3) is 0 Å². The number of benzene rings is 1. The molecule has 0 bridgehead atoms. The van der Waals surface area contributed by atoms with Crippen molar-refractivity contribution in [3.8, 4) is 0 Å². The van der Waals surface area contributed by atoms with E-state index in [1.54, 1.807) is 18.2 Å². The Bertz CT molecular complexity index is 493. The van der Waals surface area contributed by atoms with Crippen molar-refractivity contribution < 1.29 is 4.79 Å². The average Bonchev–Trinajstić information content (AvgIpc) is 2.41. The van der Waals surface area contributed by atoms with Gasteiger partial charge in [-0.25, -0.2) is 0 Å². The Kier molecular flexibility index (Phi) is 5.44. The first-order valence-corrected chi connectivity index (χ1v) is 7.71. The number of likely N-dealkylation sites (N-methyl/N-ethyl adjacent to an activating group) is 1. The molecule has 0 saturated carbocycles. The lowest BCUT2D eigenvalue weighted by Gasteiger charge is -2.39. The fourth-order valence-electron chi connectivity index (χ4n) is 2.68. The summed E-state index contributed by atoms with van der Waals surface area (Å²) >= 11 is 12.0. The SMILES string of the molecule is CCN1CCN(CC(=O)c2cc(Cl)ccc2Cl)CC1C. The molecule has 0 radical (unpaired) electrons. The van der Waals surface area contributed by atoms with Gasteiger partial charge in [-0.2, -0.15) is 0 Å². The van der Waals surface area contributed by atoms with E-state index in [1.165, 1.54) is 0 Å². The van der Waals surface area contributed by atoms with E-state index in [9.17, 15) is 4.79 Å². The summed E-state index contributed by atoms with van der Waals surface area (Å²) in [6, 6.07) is 5.51. The highest BCUT2D eigenvalue weighted by Gasteiger charge is 2.24. The van der Waals surface area contributed by atoms with Crippen LogP contribution in [0.1, 0.15) is 24.2 Å². The zero-order valence-electron chi connectivity index (χ0n) is 11.9. The molecule has 1 unspecified atom stereocenters. The standard InChI is InChI=1S/C15H20Cl2N2O/c1-3-19-7-6-18(9-11(19)2)10-15(20)13-8-12(16)4-5-14(13)17/h4-5,8,11H,3,6-7,9-10H2,1-2H3. The van der Waals surface area contributed by atoms with Crippen LogP contribution in [0.15, 0.2) is 18.2 Å². The predicted molar refractivity (Wildman–Crippen MR) is 83.9 cm³/mol. The highest BCUT2D eigenvalue weighted by atomic mass is 35.5. The summed E-state index contributed by atoms with van der Waals surface area (Å²) in [6.07, 6.45) is 0. The van der Waals surface area contributed by atoms with Crippen molar-refractivity contribution in [1.82, 2.24) is 9.80 Å². The van der Waals surface area contributed by atoms with Gasteiger partial charge < -0.3 is 0 Å². The third-order valence-electron chi connectivity index (χ3n) is 3.85. The number of hydrogen-bond donors (Lipinski definition) is 0. The molecule has 0 aliphatic carbocycles. The van der Waals surface area contributed by atoms with Gasteiger partial charge in [0.2, 0.25) is 0 Å². The lowest BCUT2D eigenvalue weighted by Crippen LogP contribution is -2.52. The maximum atomic E-state index is 12.3. The van der Waals surface area contributed by atoms with Crippen molar-refractivity contribution >= 4 is 29.0 Å². The highest BCUT2D eigenvalue weighted by molar-refractivity contribution is 6.36. The average molecular weight is 315 g/mol. The van der Waals surface area contributed by atoms with E-state index in [-0.39, 0.29) is 5.78 Å². The number of piperazine rings is 1. The Morgan fingerprint density at radius 2 is 2.10 bits per heavy atom. The fraction of sp³-hybridized carbons (Fsp3) is 0.533. The molecule has 110 valence electrons. The van der Waals surface area contributed by atoms with Crippen LogP contribution in [0.25, 0.3) is 0 Å². The molecule has 1 aliphatic heterocycles. The van der Waals surface area contributed by atoms with Crippen molar-refractivity contribution in [3.05, 3.63) is 33.8 Å². The van der Waals surface area contributed by atoms with Crippen LogP contribution in [0.3, 0.4) is 0 Å². The first-order chi connectivity index (χ1) is 9.51. The van der Waals surface area contributed by atoms with Gasteiger partial charge in [-0.05, 0) is 31.7 Å². The second kappa shape index (κ2) is 6.90. The number of nitrogens with zero attached hydrogens (tertiary/aromatic N) is 2. The minimum absolute atomic E-state index is 0.0367. The minimum atomic E-state index is 0.0367. The summed E-state index contributed by atoms with van der Waals surface area (Å²) in [6.45, 7) is 8.68. The van der Waals surface area contributed by atoms with Gasteiger partial charge in [-0.15, -0.1) is 0 Å². The van der Waals surface area contributed by atoms with Gasteiger partial charge >= 0.3 is 0 Å². The van der Waals surface area contributed by atoms with Crippen LogP contribution < -0.4 is 0 Å². The largest absolute Gasteiger partial charge is 0.298 e. The topological polar surface area (TPSA) is 23.6 Å². The zero-order valence-corrected chi connectivity index (χ0v) is 13.4. The summed E-state index contributed by atoms with van der Waals surface area (Å²) in [5.74, 6) is 0.0367. The number of ketones is 1. The molecule has 1 aliphatic rings. The summed E-state index contributed by atoms with van der Waals surface area (Å²) in [5, 5.41) is 1.02. The number of hydrogen-bond acceptors (Lipinski definition) is 3. The van der Waals surface area contributed by atoms with E-state index >= 15 is 0 Å². The van der Waals surface area contributed by atoms with Crippen LogP contribution >= 0.6 is 23.2 Å². The molecule has 1 saturated heterocycles. The van der Waals surface area contributed by atoms with Crippen LogP contribution in [0.5, 0.6) is 0 Å². The fourth-order valence-corrected chi connectivity index (χ4v) is 3.08. The number of rotatable bonds is 4. The molecule has 3 nitrogen and oxygen atoms in total. The number of halogens is 2. The van der Waals surface area contributed by atoms with Gasteiger partial charge in [0.05, 0.1) is 11.6 Å². The van der Waals surface area contributed by atoms with Crippen molar-refractivity contribution in [2.75, 3.05) is 32.7 Å². The third-order valence-corrected chi connectivity index (χ3v) is 4.42. The lowest BCUT2D eigenvalue weighted by atomic mass is 10.1. The van der Waals surface area contributed by atoms with Crippen molar-refractivity contribution in [1.29, 1.82) is 0 Å². The second-order valence-corrected chi connectivity index (χ2v) is 6.10. The number of Topliss-reactive ketones (excluding diaryl/α,β-unsaturated/α-hetero) is 1. The van der Waals surface area contributed by atoms with Crippen LogP contribution in [0, 0.1) is 0 Å². The van der Waals surface area contributed by atoms with Crippen LogP contribution in [-0.4, -0.2) is 54.3 Å². The number of carbonyl (C=O) groups excluding carboxylic acids is 1. The zero-order chi connectivity index (χ0) is 14.7. The maximum absolute atomic E-state index is 12.3. The summed E-state index contributed by atoms with van der Waals surface area (Å²) in [5.41, 5.74) is 0.518. The Morgan fingerprint density at radius 3 is 2.75 bits per heavy atom. The Labute approximate surface area is 130 Å². The molecule has 0 amide bonds. The predicted octanol–water partition coefficient (Wildman–Crippen LogP) is 3.20. The van der Waals surface area contributed by atoms with Crippen LogP contribution in [0.2, 0.25) is 10.0 Å².